The molecule has 47 heavy (non-hydrogen) atoms. The summed E-state index contributed by atoms with van der Waals surface area (Å²) in [5, 5.41) is 29.6. The average molecular weight is 677 g/mol. The number of nitrogens with two attached hydrogens (primary N) is 1. The number of phenolic OH excluding ortho intramolecular Hbond substituents is 2. The van der Waals surface area contributed by atoms with Crippen LogP contribution in [0.4, 0.5) is 0 Å². The summed E-state index contributed by atoms with van der Waals surface area (Å²) in [6.07, 6.45) is 1.02. The molecule has 0 fully saturated rings. The number of aromatic hydroxyl groups is 2. The summed E-state index contributed by atoms with van der Waals surface area (Å²) >= 11 is 0. The lowest BCUT2D eigenvalue weighted by atomic mass is 9.93. The number of amides is 3. The molecule has 0 unspecified atom stereocenters. The van der Waals surface area contributed by atoms with Crippen molar-refractivity contribution in [3.05, 3.63) is 47.5 Å². The summed E-state index contributed by atoms with van der Waals surface area (Å²) in [7, 11) is 0.178. The van der Waals surface area contributed by atoms with Gasteiger partial charge in [-0.3, -0.25) is 14.4 Å². The van der Waals surface area contributed by atoms with E-state index in [-0.39, 0.29) is 53.3 Å². The van der Waals surface area contributed by atoms with Gasteiger partial charge in [0.25, 0.3) is 0 Å². The van der Waals surface area contributed by atoms with E-state index >= 15 is 0 Å². The van der Waals surface area contributed by atoms with Crippen LogP contribution in [0.2, 0.25) is 0 Å². The molecule has 0 aliphatic carbocycles. The van der Waals surface area contributed by atoms with E-state index in [0.29, 0.717) is 24.9 Å². The fourth-order valence-electron chi connectivity index (χ4n) is 5.25. The number of rotatable bonds is 12. The van der Waals surface area contributed by atoms with Crippen LogP contribution in [0.3, 0.4) is 0 Å². The largest absolute Gasteiger partial charge is 0.507 e. The number of unbranched alkanes of at least 4 members (excludes halogenated alkanes) is 1. The molecule has 0 radical (unpaired) electrons. The van der Waals surface area contributed by atoms with Crippen LogP contribution in [-0.2, 0) is 40.4 Å². The first-order chi connectivity index (χ1) is 22.2. The lowest BCUT2D eigenvalue weighted by molar-refractivity contribution is -0.145. The van der Waals surface area contributed by atoms with Crippen LogP contribution >= 0.6 is 0 Å². The van der Waals surface area contributed by atoms with E-state index in [2.05, 4.69) is 20.7 Å². The molecule has 2 aromatic rings. The van der Waals surface area contributed by atoms with Gasteiger partial charge < -0.3 is 41.5 Å². The SMILES string of the molecule is CNCCS(=O)(=O)N[C@@H](CCCCN)C(=O)N(C)[C@@H]1C(=O)N[C@@H](C)C(=O)N[C@H](C(=O)OC)Cc2ccc(O)c(c2)-c2cc1ccc2O. The van der Waals surface area contributed by atoms with E-state index in [1.807, 2.05) is 0 Å². The number of nitrogens with one attached hydrogen (secondary N) is 4. The summed E-state index contributed by atoms with van der Waals surface area (Å²) in [5.41, 5.74) is 6.63. The van der Waals surface area contributed by atoms with Gasteiger partial charge in [-0.15, -0.1) is 0 Å². The second-order valence-corrected chi connectivity index (χ2v) is 13.2. The van der Waals surface area contributed by atoms with Gasteiger partial charge in [-0.25, -0.2) is 17.9 Å². The second-order valence-electron chi connectivity index (χ2n) is 11.4. The Balaban J connectivity index is 2.16. The van der Waals surface area contributed by atoms with Crippen molar-refractivity contribution < 1.29 is 42.5 Å². The van der Waals surface area contributed by atoms with Crippen LogP contribution in [0.15, 0.2) is 36.4 Å². The Morgan fingerprint density at radius 2 is 1.72 bits per heavy atom. The van der Waals surface area contributed by atoms with Gasteiger partial charge in [0.15, 0.2) is 0 Å². The predicted octanol–water partition coefficient (Wildman–Crippen LogP) is -0.381. The van der Waals surface area contributed by atoms with E-state index < -0.39 is 57.9 Å². The molecule has 1 aliphatic rings. The minimum Gasteiger partial charge on any atom is -0.507 e. The standard InChI is InChI=1S/C31H44N6O9S/c1-18-28(40)35-24(31(43)46-4)16-19-8-10-25(38)21(15-19)22-17-20(9-11-26(22)39)27(29(41)34-18)37(3)30(42)23(7-5-6-12-32)36-47(44,45)14-13-33-2/h8-11,15,17-18,23-24,27,33,36,38-39H,5-7,12-14,16,32H2,1-4H3,(H,34,41)(H,35,40)/t18-,23-,24-,27-/m0/s1. The number of carbonyl (C=O) groups excluding carboxylic acids is 4. The van der Waals surface area contributed by atoms with Gasteiger partial charge in [0.1, 0.15) is 35.7 Å². The minimum atomic E-state index is -3.91. The lowest BCUT2D eigenvalue weighted by Gasteiger charge is -2.32. The molecular weight excluding hydrogens is 632 g/mol. The molecule has 4 bridgehead atoms. The van der Waals surface area contributed by atoms with E-state index in [1.165, 1.54) is 51.4 Å². The molecular formula is C31H44N6O9S. The second kappa shape index (κ2) is 16.5. The first-order valence-corrected chi connectivity index (χ1v) is 16.8. The van der Waals surface area contributed by atoms with Crippen molar-refractivity contribution in [1.29, 1.82) is 0 Å². The molecule has 2 aromatic carbocycles. The summed E-state index contributed by atoms with van der Waals surface area (Å²) in [5.74, 6) is -3.74. The zero-order valence-electron chi connectivity index (χ0n) is 26.9. The van der Waals surface area contributed by atoms with Crippen molar-refractivity contribution in [3.63, 3.8) is 0 Å². The van der Waals surface area contributed by atoms with Crippen molar-refractivity contribution in [1.82, 2.24) is 25.6 Å². The molecule has 0 aromatic heterocycles. The maximum atomic E-state index is 14.0. The van der Waals surface area contributed by atoms with Crippen LogP contribution in [-0.4, -0.2) is 105 Å². The van der Waals surface area contributed by atoms with Crippen molar-refractivity contribution in [2.75, 3.05) is 40.0 Å². The van der Waals surface area contributed by atoms with Gasteiger partial charge in [-0.1, -0.05) is 18.6 Å². The lowest BCUT2D eigenvalue weighted by Crippen LogP contribution is -2.55. The Morgan fingerprint density at radius 3 is 2.36 bits per heavy atom. The van der Waals surface area contributed by atoms with Gasteiger partial charge >= 0.3 is 5.97 Å². The monoisotopic (exact) mass is 676 g/mol. The molecule has 16 heteroatoms. The quantitative estimate of drug-likeness (QED) is 0.113. The highest BCUT2D eigenvalue weighted by molar-refractivity contribution is 7.89. The third-order valence-corrected chi connectivity index (χ3v) is 9.24. The average Bonchev–Trinajstić information content (AvgIpc) is 3.03. The van der Waals surface area contributed by atoms with Crippen molar-refractivity contribution in [3.8, 4) is 22.6 Å². The molecule has 8 N–H and O–H groups in total. The van der Waals surface area contributed by atoms with E-state index in [9.17, 15) is 37.8 Å². The highest BCUT2D eigenvalue weighted by Crippen LogP contribution is 2.38. The molecule has 1 aliphatic heterocycles. The third-order valence-electron chi connectivity index (χ3n) is 7.85. The van der Waals surface area contributed by atoms with E-state index in [4.69, 9.17) is 10.5 Å². The Bertz CT molecular complexity index is 1570. The Morgan fingerprint density at radius 1 is 1.06 bits per heavy atom. The molecule has 3 amide bonds. The number of phenols is 2. The van der Waals surface area contributed by atoms with Crippen LogP contribution in [0.25, 0.3) is 11.1 Å². The normalized spacial score (nSPS) is 19.1. The van der Waals surface area contributed by atoms with Gasteiger partial charge in [-0.05, 0) is 68.8 Å². The Kier molecular flexibility index (Phi) is 13.1. The third kappa shape index (κ3) is 9.63. The number of likely N-dealkylation sites (N-methyl/N-ethyl adjacent to an activating group) is 1. The summed E-state index contributed by atoms with van der Waals surface area (Å²) in [6, 6.07) is 3.58. The number of ether oxygens (including phenoxy) is 1. The number of fused-ring (bicyclic) bond motifs is 5. The van der Waals surface area contributed by atoms with Crippen molar-refractivity contribution >= 4 is 33.7 Å². The Labute approximate surface area is 274 Å². The summed E-state index contributed by atoms with van der Waals surface area (Å²) < 4.78 is 33.0. The topological polar surface area (TPSA) is 229 Å². The zero-order chi connectivity index (χ0) is 34.9. The smallest absolute Gasteiger partial charge is 0.328 e. The first-order valence-electron chi connectivity index (χ1n) is 15.2. The fourth-order valence-corrected chi connectivity index (χ4v) is 6.50. The van der Waals surface area contributed by atoms with E-state index in [1.54, 1.807) is 13.1 Å². The zero-order valence-corrected chi connectivity index (χ0v) is 27.7. The Hall–Kier alpha value is -4.25. The van der Waals surface area contributed by atoms with Crippen LogP contribution in [0, 0.1) is 0 Å². The fraction of sp³-hybridized carbons (Fsp3) is 0.484. The molecule has 1 heterocycles. The molecule has 4 atom stereocenters. The van der Waals surface area contributed by atoms with E-state index in [0.717, 1.165) is 4.90 Å². The number of esters is 1. The number of carbonyl (C=O) groups is 4. The summed E-state index contributed by atoms with van der Waals surface area (Å²) in [4.78, 5) is 54.8. The van der Waals surface area contributed by atoms with Crippen molar-refractivity contribution in [2.24, 2.45) is 5.73 Å². The number of benzene rings is 2. The van der Waals surface area contributed by atoms with Crippen LogP contribution < -0.4 is 26.4 Å². The number of hydrogen-bond acceptors (Lipinski definition) is 11. The van der Waals surface area contributed by atoms with Gasteiger partial charge in [0, 0.05) is 31.1 Å². The highest BCUT2D eigenvalue weighted by Gasteiger charge is 2.36. The molecule has 0 spiro atoms. The van der Waals surface area contributed by atoms with Crippen molar-refractivity contribution in [2.45, 2.75) is 56.8 Å². The summed E-state index contributed by atoms with van der Waals surface area (Å²) in [6.45, 7) is 1.87. The maximum Gasteiger partial charge on any atom is 0.328 e. The molecule has 258 valence electrons. The van der Waals surface area contributed by atoms with Gasteiger partial charge in [0.2, 0.25) is 27.7 Å². The maximum absolute atomic E-state index is 14.0. The molecule has 3 rings (SSSR count). The number of sulfonamides is 1. The highest BCUT2D eigenvalue weighted by atomic mass is 32.2. The molecule has 0 saturated carbocycles. The van der Waals surface area contributed by atoms with Gasteiger partial charge in [-0.2, -0.15) is 0 Å². The first kappa shape index (κ1) is 37.2. The predicted molar refractivity (Wildman–Crippen MR) is 174 cm³/mol. The van der Waals surface area contributed by atoms with Crippen LogP contribution in [0.1, 0.15) is 43.4 Å². The minimum absolute atomic E-state index is 0.0253. The molecule has 15 nitrogen and oxygen atoms in total. The number of hydrogen-bond donors (Lipinski definition) is 7. The number of nitrogens with zero attached hydrogens (tertiary/aromatic N) is 1. The van der Waals surface area contributed by atoms with Crippen LogP contribution in [0.5, 0.6) is 11.5 Å². The number of methoxy groups -OCH3 is 1. The molecule has 0 saturated heterocycles. The van der Waals surface area contributed by atoms with Gasteiger partial charge in [0.05, 0.1) is 12.9 Å².